The fourth-order valence-corrected chi connectivity index (χ4v) is 3.15. The van der Waals surface area contributed by atoms with E-state index in [-0.39, 0.29) is 6.03 Å². The largest absolute Gasteiger partial charge is 0.381 e. The number of rotatable bonds is 9. The average Bonchev–Trinajstić information content (AvgIpc) is 3.17. The molecular formula is C20H22N4O2S. The fourth-order valence-electron chi connectivity index (χ4n) is 2.43. The molecule has 0 bridgehead atoms. The zero-order chi connectivity index (χ0) is 18.7. The lowest BCUT2D eigenvalue weighted by atomic mass is 10.2. The molecule has 2 amide bonds. The molecule has 6 nitrogen and oxygen atoms in total. The average molecular weight is 382 g/mol. The number of nitrogens with zero attached hydrogens (tertiary/aromatic N) is 2. The highest BCUT2D eigenvalue weighted by Gasteiger charge is 2.07. The summed E-state index contributed by atoms with van der Waals surface area (Å²) in [5, 5.41) is 8.02. The van der Waals surface area contributed by atoms with Crippen molar-refractivity contribution in [2.45, 2.75) is 12.8 Å². The van der Waals surface area contributed by atoms with Crippen molar-refractivity contribution in [3.8, 4) is 11.3 Å². The van der Waals surface area contributed by atoms with E-state index in [1.165, 1.54) is 16.9 Å². The minimum Gasteiger partial charge on any atom is -0.381 e. The number of ether oxygens (including phenoxy) is 1. The maximum absolute atomic E-state index is 11.9. The van der Waals surface area contributed by atoms with Gasteiger partial charge in [-0.05, 0) is 30.5 Å². The van der Waals surface area contributed by atoms with Gasteiger partial charge >= 0.3 is 6.03 Å². The van der Waals surface area contributed by atoms with Gasteiger partial charge in [0, 0.05) is 36.5 Å². The van der Waals surface area contributed by atoms with E-state index in [0.717, 1.165) is 24.1 Å². The Bertz CT molecular complexity index is 824. The Hall–Kier alpha value is -2.77. The molecule has 3 rings (SSSR count). The van der Waals surface area contributed by atoms with Crippen LogP contribution in [0.2, 0.25) is 0 Å². The highest BCUT2D eigenvalue weighted by molar-refractivity contribution is 7.14. The number of amides is 2. The molecule has 0 atom stereocenters. The second-order valence-corrected chi connectivity index (χ2v) is 6.72. The first-order valence-electron chi connectivity index (χ1n) is 8.84. The standard InChI is InChI=1S/C20H22N4O2S/c25-19(22-11-5-12-26-13-9-16-6-2-1-3-7-16)24-20-23-18(15-27-20)17-8-4-10-21-14-17/h1-4,6-8,10,14-15H,5,9,11-13H2,(H2,22,23,24,25). The Kier molecular flexibility index (Phi) is 7.32. The van der Waals surface area contributed by atoms with Crippen molar-refractivity contribution >= 4 is 22.5 Å². The van der Waals surface area contributed by atoms with Gasteiger partial charge in [0.25, 0.3) is 0 Å². The summed E-state index contributed by atoms with van der Waals surface area (Å²) >= 11 is 1.39. The van der Waals surface area contributed by atoms with Crippen LogP contribution in [0, 0.1) is 0 Å². The Labute approximate surface area is 162 Å². The molecule has 2 heterocycles. The summed E-state index contributed by atoms with van der Waals surface area (Å²) in [4.78, 5) is 20.4. The van der Waals surface area contributed by atoms with E-state index in [1.54, 1.807) is 12.4 Å². The lowest BCUT2D eigenvalue weighted by molar-refractivity contribution is 0.135. The summed E-state index contributed by atoms with van der Waals surface area (Å²) in [5.74, 6) is 0. The Balaban J connectivity index is 1.28. The predicted octanol–water partition coefficient (Wildman–Crippen LogP) is 3.98. The minimum atomic E-state index is -0.258. The Morgan fingerprint density at radius 3 is 2.81 bits per heavy atom. The molecule has 7 heteroatoms. The number of carbonyl (C=O) groups excluding carboxylic acids is 1. The van der Waals surface area contributed by atoms with Crippen LogP contribution in [0.4, 0.5) is 9.93 Å². The smallest absolute Gasteiger partial charge is 0.321 e. The quantitative estimate of drug-likeness (QED) is 0.549. The third-order valence-electron chi connectivity index (χ3n) is 3.81. The number of pyridine rings is 1. The van der Waals surface area contributed by atoms with Crippen LogP contribution in [0.5, 0.6) is 0 Å². The molecule has 0 aliphatic carbocycles. The van der Waals surface area contributed by atoms with Crippen molar-refractivity contribution in [2.75, 3.05) is 25.1 Å². The van der Waals surface area contributed by atoms with Crippen LogP contribution >= 0.6 is 11.3 Å². The molecule has 0 unspecified atom stereocenters. The van der Waals surface area contributed by atoms with Crippen molar-refractivity contribution < 1.29 is 9.53 Å². The van der Waals surface area contributed by atoms with Gasteiger partial charge in [0.05, 0.1) is 12.3 Å². The third kappa shape index (κ3) is 6.47. The molecule has 0 fully saturated rings. The SMILES string of the molecule is O=C(NCCCOCCc1ccccc1)Nc1nc(-c2cccnc2)cs1. The van der Waals surface area contributed by atoms with E-state index in [2.05, 4.69) is 32.7 Å². The molecule has 0 saturated heterocycles. The van der Waals surface area contributed by atoms with Gasteiger partial charge in [-0.25, -0.2) is 9.78 Å². The van der Waals surface area contributed by atoms with E-state index in [4.69, 9.17) is 4.74 Å². The lowest BCUT2D eigenvalue weighted by Gasteiger charge is -2.06. The van der Waals surface area contributed by atoms with Gasteiger partial charge in [-0.15, -0.1) is 11.3 Å². The van der Waals surface area contributed by atoms with Gasteiger partial charge in [-0.3, -0.25) is 10.3 Å². The zero-order valence-electron chi connectivity index (χ0n) is 14.9. The second-order valence-electron chi connectivity index (χ2n) is 5.86. The number of aromatic nitrogens is 2. The van der Waals surface area contributed by atoms with Gasteiger partial charge in [-0.1, -0.05) is 30.3 Å². The maximum Gasteiger partial charge on any atom is 0.321 e. The number of hydrogen-bond donors (Lipinski definition) is 2. The van der Waals surface area contributed by atoms with E-state index in [1.807, 2.05) is 35.7 Å². The maximum atomic E-state index is 11.9. The van der Waals surface area contributed by atoms with E-state index >= 15 is 0 Å². The first-order valence-corrected chi connectivity index (χ1v) is 9.72. The molecule has 0 aliphatic rings. The van der Waals surface area contributed by atoms with Gasteiger partial charge in [-0.2, -0.15) is 0 Å². The number of carbonyl (C=O) groups is 1. The van der Waals surface area contributed by atoms with E-state index < -0.39 is 0 Å². The molecular weight excluding hydrogens is 360 g/mol. The first kappa shape index (κ1) is 19.0. The molecule has 3 aromatic rings. The molecule has 0 radical (unpaired) electrons. The van der Waals surface area contributed by atoms with Crippen LogP contribution in [0.1, 0.15) is 12.0 Å². The van der Waals surface area contributed by atoms with E-state index in [9.17, 15) is 4.79 Å². The summed E-state index contributed by atoms with van der Waals surface area (Å²) < 4.78 is 5.60. The molecule has 1 aromatic carbocycles. The summed E-state index contributed by atoms with van der Waals surface area (Å²) in [6, 6.07) is 13.8. The first-order chi connectivity index (χ1) is 13.3. The topological polar surface area (TPSA) is 76.1 Å². The molecule has 0 aliphatic heterocycles. The van der Waals surface area contributed by atoms with E-state index in [0.29, 0.717) is 24.9 Å². The van der Waals surface area contributed by atoms with Crippen molar-refractivity contribution in [2.24, 2.45) is 0 Å². The number of urea groups is 1. The summed E-state index contributed by atoms with van der Waals surface area (Å²) in [5.41, 5.74) is 2.99. The number of hydrogen-bond acceptors (Lipinski definition) is 5. The van der Waals surface area contributed by atoms with Gasteiger partial charge in [0.1, 0.15) is 0 Å². The Morgan fingerprint density at radius 2 is 2.00 bits per heavy atom. The number of thiazole rings is 1. The highest BCUT2D eigenvalue weighted by Crippen LogP contribution is 2.23. The van der Waals surface area contributed by atoms with Crippen LogP contribution in [-0.2, 0) is 11.2 Å². The van der Waals surface area contributed by atoms with Crippen molar-refractivity contribution in [3.63, 3.8) is 0 Å². The van der Waals surface area contributed by atoms with Crippen molar-refractivity contribution in [1.29, 1.82) is 0 Å². The lowest BCUT2D eigenvalue weighted by Crippen LogP contribution is -2.30. The summed E-state index contributed by atoms with van der Waals surface area (Å²) in [7, 11) is 0. The monoisotopic (exact) mass is 382 g/mol. The van der Waals surface area contributed by atoms with Crippen molar-refractivity contribution in [3.05, 3.63) is 65.8 Å². The van der Waals surface area contributed by atoms with Crippen LogP contribution in [-0.4, -0.2) is 35.8 Å². The summed E-state index contributed by atoms with van der Waals surface area (Å²) in [6.45, 7) is 1.86. The molecule has 0 spiro atoms. The van der Waals surface area contributed by atoms with Crippen LogP contribution in [0.15, 0.2) is 60.2 Å². The molecule has 2 aromatic heterocycles. The number of benzene rings is 1. The van der Waals surface area contributed by atoms with Crippen LogP contribution < -0.4 is 10.6 Å². The Morgan fingerprint density at radius 1 is 1.11 bits per heavy atom. The fraction of sp³-hybridized carbons (Fsp3) is 0.250. The highest BCUT2D eigenvalue weighted by atomic mass is 32.1. The van der Waals surface area contributed by atoms with Gasteiger partial charge < -0.3 is 10.1 Å². The van der Waals surface area contributed by atoms with Crippen LogP contribution in [0.25, 0.3) is 11.3 Å². The zero-order valence-corrected chi connectivity index (χ0v) is 15.7. The van der Waals surface area contributed by atoms with Crippen molar-refractivity contribution in [1.82, 2.24) is 15.3 Å². The van der Waals surface area contributed by atoms with Gasteiger partial charge in [0.15, 0.2) is 5.13 Å². The molecule has 0 saturated carbocycles. The molecule has 27 heavy (non-hydrogen) atoms. The summed E-state index contributed by atoms with van der Waals surface area (Å²) in [6.07, 6.45) is 5.13. The normalized spacial score (nSPS) is 10.5. The second kappa shape index (κ2) is 10.4. The predicted molar refractivity (Wildman–Crippen MR) is 108 cm³/mol. The molecule has 140 valence electrons. The molecule has 2 N–H and O–H groups in total. The minimum absolute atomic E-state index is 0.258. The third-order valence-corrected chi connectivity index (χ3v) is 4.57. The number of anilines is 1. The van der Waals surface area contributed by atoms with Gasteiger partial charge in [0.2, 0.25) is 0 Å². The number of nitrogens with one attached hydrogen (secondary N) is 2. The van der Waals surface area contributed by atoms with Crippen LogP contribution in [0.3, 0.4) is 0 Å².